The van der Waals surface area contributed by atoms with Crippen molar-refractivity contribution in [3.8, 4) is 0 Å². The van der Waals surface area contributed by atoms with Gasteiger partial charge in [-0.25, -0.2) is 13.1 Å². The van der Waals surface area contributed by atoms with Crippen molar-refractivity contribution in [2.45, 2.75) is 6.04 Å². The fourth-order valence-corrected chi connectivity index (χ4v) is 4.33. The number of hydrogen-bond donors (Lipinski definition) is 1. The zero-order valence-corrected chi connectivity index (χ0v) is 19.0. The van der Waals surface area contributed by atoms with Crippen molar-refractivity contribution < 1.29 is 18.1 Å². The molecule has 0 aliphatic rings. The van der Waals surface area contributed by atoms with Gasteiger partial charge in [-0.3, -0.25) is 14.9 Å². The second-order valence-corrected chi connectivity index (χ2v) is 9.49. The second-order valence-electron chi connectivity index (χ2n) is 7.75. The summed E-state index contributed by atoms with van der Waals surface area (Å²) < 4.78 is 26.6. The first-order valence-electron chi connectivity index (χ1n) is 10.3. The van der Waals surface area contributed by atoms with E-state index in [0.29, 0.717) is 10.9 Å². The first kappa shape index (κ1) is 22.9. The van der Waals surface area contributed by atoms with Crippen LogP contribution in [0, 0.1) is 10.1 Å². The predicted molar refractivity (Wildman–Crippen MR) is 131 cm³/mol. The lowest BCUT2D eigenvalue weighted by Gasteiger charge is -2.21. The molecule has 34 heavy (non-hydrogen) atoms. The number of carbonyl (C=O) groups excluding carboxylic acids is 1. The maximum absolute atomic E-state index is 12.0. The van der Waals surface area contributed by atoms with Crippen molar-refractivity contribution in [1.82, 2.24) is 9.29 Å². The number of nitrogens with one attached hydrogen (secondary N) is 1. The van der Waals surface area contributed by atoms with E-state index in [2.05, 4.69) is 0 Å². The summed E-state index contributed by atoms with van der Waals surface area (Å²) in [4.78, 5) is 23.0. The van der Waals surface area contributed by atoms with Crippen LogP contribution >= 0.6 is 0 Å². The average Bonchev–Trinajstić information content (AvgIpc) is 3.16. The van der Waals surface area contributed by atoms with Gasteiger partial charge in [-0.05, 0) is 23.3 Å². The normalized spacial score (nSPS) is 11.8. The molecule has 0 fully saturated rings. The molecule has 1 aromatic heterocycles. The van der Waals surface area contributed by atoms with Crippen molar-refractivity contribution in [2.75, 3.05) is 6.26 Å². The van der Waals surface area contributed by atoms with Gasteiger partial charge in [0.1, 0.15) is 0 Å². The molecule has 3 aromatic carbocycles. The van der Waals surface area contributed by atoms with Crippen LogP contribution in [0.15, 0.2) is 91.1 Å². The van der Waals surface area contributed by atoms with Crippen LogP contribution in [0.3, 0.4) is 0 Å². The van der Waals surface area contributed by atoms with E-state index in [1.54, 1.807) is 6.07 Å². The van der Waals surface area contributed by atoms with Gasteiger partial charge in [0.15, 0.2) is 0 Å². The highest BCUT2D eigenvalue weighted by Crippen LogP contribution is 2.34. The van der Waals surface area contributed by atoms with Gasteiger partial charge in [0.2, 0.25) is 10.0 Å². The van der Waals surface area contributed by atoms with E-state index in [4.69, 9.17) is 0 Å². The van der Waals surface area contributed by atoms with Crippen LogP contribution in [-0.2, 0) is 14.8 Å². The quantitative estimate of drug-likeness (QED) is 0.244. The first-order valence-corrected chi connectivity index (χ1v) is 12.2. The van der Waals surface area contributed by atoms with Gasteiger partial charge in [-0.2, -0.15) is 0 Å². The van der Waals surface area contributed by atoms with Crippen LogP contribution < -0.4 is 4.72 Å². The van der Waals surface area contributed by atoms with E-state index >= 15 is 0 Å². The zero-order chi connectivity index (χ0) is 24.3. The maximum Gasteiger partial charge on any atom is 0.270 e. The van der Waals surface area contributed by atoms with Gasteiger partial charge in [-0.15, -0.1) is 0 Å². The fraction of sp³-hybridized carbons (Fsp3) is 0.0800. The molecule has 1 N–H and O–H groups in total. The molecule has 0 unspecified atom stereocenters. The van der Waals surface area contributed by atoms with E-state index in [-0.39, 0.29) is 11.7 Å². The largest absolute Gasteiger partial charge is 0.335 e. The Kier molecular flexibility index (Phi) is 6.29. The van der Waals surface area contributed by atoms with E-state index in [1.165, 1.54) is 18.2 Å². The standard InChI is InChI=1S/C25H21N3O5S/c1-34(32,33)26-24(29)15-12-20-17-27(23-14-13-21(28(30)31)16-22(20)23)25(18-8-4-2-5-9-18)19-10-6-3-7-11-19/h2-17,25H,1H3,(H,26,29). The summed E-state index contributed by atoms with van der Waals surface area (Å²) in [6, 6.07) is 24.0. The fourth-order valence-electron chi connectivity index (χ4n) is 3.90. The number of rotatable bonds is 7. The van der Waals surface area contributed by atoms with Gasteiger partial charge in [0.05, 0.1) is 17.2 Å². The lowest BCUT2D eigenvalue weighted by molar-refractivity contribution is -0.384. The number of carbonyl (C=O) groups is 1. The Balaban J connectivity index is 1.91. The topological polar surface area (TPSA) is 111 Å². The number of amides is 1. The summed E-state index contributed by atoms with van der Waals surface area (Å²) >= 11 is 0. The molecular weight excluding hydrogens is 454 g/mol. The molecule has 0 atom stereocenters. The average molecular weight is 476 g/mol. The predicted octanol–water partition coefficient (Wildman–Crippen LogP) is 4.28. The first-order chi connectivity index (χ1) is 16.2. The van der Waals surface area contributed by atoms with Crippen LogP contribution in [0.4, 0.5) is 5.69 Å². The molecule has 1 amide bonds. The van der Waals surface area contributed by atoms with Gasteiger partial charge in [-0.1, -0.05) is 60.7 Å². The Morgan fingerprint density at radius 1 is 1.00 bits per heavy atom. The van der Waals surface area contributed by atoms with Crippen LogP contribution in [0.5, 0.6) is 0 Å². The van der Waals surface area contributed by atoms with Crippen LogP contribution in [0.25, 0.3) is 17.0 Å². The minimum absolute atomic E-state index is 0.0866. The Morgan fingerprint density at radius 3 is 2.12 bits per heavy atom. The molecule has 9 heteroatoms. The highest BCUT2D eigenvalue weighted by molar-refractivity contribution is 7.89. The number of benzene rings is 3. The van der Waals surface area contributed by atoms with Crippen molar-refractivity contribution >= 4 is 38.6 Å². The number of fused-ring (bicyclic) bond motifs is 1. The smallest absolute Gasteiger partial charge is 0.270 e. The Morgan fingerprint density at radius 2 is 1.59 bits per heavy atom. The molecule has 4 aromatic rings. The van der Waals surface area contributed by atoms with Crippen molar-refractivity contribution in [2.24, 2.45) is 0 Å². The highest BCUT2D eigenvalue weighted by atomic mass is 32.2. The molecule has 0 radical (unpaired) electrons. The number of sulfonamides is 1. The third-order valence-electron chi connectivity index (χ3n) is 5.27. The number of non-ortho nitro benzene ring substituents is 1. The second kappa shape index (κ2) is 9.32. The maximum atomic E-state index is 12.0. The minimum Gasteiger partial charge on any atom is -0.335 e. The number of nitro groups is 1. The number of hydrogen-bond acceptors (Lipinski definition) is 5. The molecule has 0 aliphatic carbocycles. The third-order valence-corrected chi connectivity index (χ3v) is 5.84. The summed E-state index contributed by atoms with van der Waals surface area (Å²) in [6.45, 7) is 0. The Labute approximate surface area is 196 Å². The summed E-state index contributed by atoms with van der Waals surface area (Å²) in [5.41, 5.74) is 3.20. The van der Waals surface area contributed by atoms with E-state index in [0.717, 1.165) is 29.0 Å². The van der Waals surface area contributed by atoms with Crippen LogP contribution in [0.2, 0.25) is 0 Å². The zero-order valence-electron chi connectivity index (χ0n) is 18.2. The monoisotopic (exact) mass is 475 g/mol. The van der Waals surface area contributed by atoms with Gasteiger partial charge < -0.3 is 4.57 Å². The van der Waals surface area contributed by atoms with Gasteiger partial charge in [0.25, 0.3) is 11.6 Å². The minimum atomic E-state index is -3.71. The highest BCUT2D eigenvalue weighted by Gasteiger charge is 2.21. The molecular formula is C25H21N3O5S. The molecule has 0 saturated heterocycles. The van der Waals surface area contributed by atoms with Crippen molar-refractivity contribution in [1.29, 1.82) is 0 Å². The van der Waals surface area contributed by atoms with Gasteiger partial charge in [0, 0.05) is 40.9 Å². The SMILES string of the molecule is CS(=O)(=O)NC(=O)C=Cc1cn(C(c2ccccc2)c2ccccc2)c2ccc([N+](=O)[O-])cc12. The summed E-state index contributed by atoms with van der Waals surface area (Å²) in [7, 11) is -3.71. The van der Waals surface area contributed by atoms with E-state index in [1.807, 2.05) is 76.1 Å². The summed E-state index contributed by atoms with van der Waals surface area (Å²) in [5, 5.41) is 12.0. The molecule has 0 spiro atoms. The lowest BCUT2D eigenvalue weighted by Crippen LogP contribution is -2.27. The van der Waals surface area contributed by atoms with E-state index in [9.17, 15) is 23.3 Å². The van der Waals surface area contributed by atoms with Crippen LogP contribution in [-0.4, -0.2) is 30.1 Å². The lowest BCUT2D eigenvalue weighted by atomic mass is 9.98. The summed E-state index contributed by atoms with van der Waals surface area (Å²) in [5.74, 6) is -0.809. The summed E-state index contributed by atoms with van der Waals surface area (Å²) in [6.07, 6.45) is 5.25. The number of nitrogens with zero attached hydrogens (tertiary/aromatic N) is 2. The Bertz CT molecular complexity index is 1450. The Hall–Kier alpha value is -4.24. The van der Waals surface area contributed by atoms with Crippen molar-refractivity contribution in [3.05, 3.63) is 118 Å². The van der Waals surface area contributed by atoms with Crippen molar-refractivity contribution in [3.63, 3.8) is 0 Å². The van der Waals surface area contributed by atoms with E-state index < -0.39 is 20.9 Å². The number of aromatic nitrogens is 1. The molecule has 1 heterocycles. The van der Waals surface area contributed by atoms with Crippen LogP contribution in [0.1, 0.15) is 22.7 Å². The molecule has 4 rings (SSSR count). The third kappa shape index (κ3) is 5.05. The number of nitro benzene ring substituents is 1. The molecule has 172 valence electrons. The molecule has 0 saturated carbocycles. The molecule has 8 nitrogen and oxygen atoms in total. The van der Waals surface area contributed by atoms with Gasteiger partial charge >= 0.3 is 0 Å². The molecule has 0 aliphatic heterocycles. The molecule has 0 bridgehead atoms.